The molecule has 0 saturated carbocycles. The summed E-state index contributed by atoms with van der Waals surface area (Å²) < 4.78 is 0. The molecule has 0 amide bonds. The first-order chi connectivity index (χ1) is 9.84. The van der Waals surface area contributed by atoms with Crippen LogP contribution < -0.4 is 5.73 Å². The molecule has 0 atom stereocenters. The van der Waals surface area contributed by atoms with Crippen LogP contribution in [0.4, 0.5) is 5.82 Å². The summed E-state index contributed by atoms with van der Waals surface area (Å²) in [6, 6.07) is 9.90. The number of nitrogens with two attached hydrogens (primary N) is 1. The van der Waals surface area contributed by atoms with Crippen LogP contribution in [0.25, 0.3) is 33.1 Å². The molecule has 3 aromatic heterocycles. The molecule has 20 heavy (non-hydrogen) atoms. The zero-order valence-electron chi connectivity index (χ0n) is 10.5. The van der Waals surface area contributed by atoms with Crippen molar-refractivity contribution in [2.75, 3.05) is 5.73 Å². The molecule has 96 valence electrons. The maximum atomic E-state index is 5.96. The lowest BCUT2D eigenvalue weighted by molar-refractivity contribution is 1.33. The Morgan fingerprint density at radius 1 is 1.10 bits per heavy atom. The number of H-pyrrole nitrogens is 1. The SMILES string of the molecule is Nc1nc2cccc(-c3cccnc3)c2c2nc[nH]c12. The average Bonchev–Trinajstić information content (AvgIpc) is 2.98. The van der Waals surface area contributed by atoms with Gasteiger partial charge in [-0.15, -0.1) is 0 Å². The number of hydrogen-bond donors (Lipinski definition) is 2. The van der Waals surface area contributed by atoms with Crippen molar-refractivity contribution in [1.82, 2.24) is 19.9 Å². The fourth-order valence-corrected chi connectivity index (χ4v) is 2.51. The summed E-state index contributed by atoms with van der Waals surface area (Å²) in [5.74, 6) is 0.466. The molecule has 4 rings (SSSR count). The highest BCUT2D eigenvalue weighted by molar-refractivity contribution is 6.12. The molecule has 0 fully saturated rings. The number of pyridine rings is 2. The lowest BCUT2D eigenvalue weighted by Crippen LogP contribution is -1.94. The Bertz CT molecular complexity index is 912. The van der Waals surface area contributed by atoms with Crippen LogP contribution in [0, 0.1) is 0 Å². The fraction of sp³-hybridized carbons (Fsp3) is 0. The predicted octanol–water partition coefficient (Wildman–Crippen LogP) is 2.76. The first kappa shape index (κ1) is 10.9. The lowest BCUT2D eigenvalue weighted by atomic mass is 10.0. The van der Waals surface area contributed by atoms with Gasteiger partial charge in [-0.2, -0.15) is 0 Å². The third kappa shape index (κ3) is 1.46. The molecule has 4 aromatic rings. The second kappa shape index (κ2) is 4.03. The second-order valence-corrected chi connectivity index (χ2v) is 4.56. The monoisotopic (exact) mass is 261 g/mol. The van der Waals surface area contributed by atoms with E-state index in [4.69, 9.17) is 5.73 Å². The van der Waals surface area contributed by atoms with Gasteiger partial charge in [0.1, 0.15) is 16.9 Å². The number of rotatable bonds is 1. The maximum absolute atomic E-state index is 5.96. The van der Waals surface area contributed by atoms with Crippen LogP contribution in [0.2, 0.25) is 0 Å². The Balaban J connectivity index is 2.20. The number of benzene rings is 1. The molecule has 1 aromatic carbocycles. The molecule has 0 spiro atoms. The van der Waals surface area contributed by atoms with Gasteiger partial charge in [0.05, 0.1) is 11.8 Å². The van der Waals surface area contributed by atoms with Crippen molar-refractivity contribution in [2.24, 2.45) is 0 Å². The second-order valence-electron chi connectivity index (χ2n) is 4.56. The minimum atomic E-state index is 0.466. The van der Waals surface area contributed by atoms with E-state index in [2.05, 4.69) is 19.9 Å². The Kier molecular flexibility index (Phi) is 2.20. The Morgan fingerprint density at radius 2 is 2.05 bits per heavy atom. The molecule has 0 aliphatic heterocycles. The summed E-state index contributed by atoms with van der Waals surface area (Å²) in [5.41, 5.74) is 10.5. The van der Waals surface area contributed by atoms with Crippen LogP contribution in [0.1, 0.15) is 0 Å². The van der Waals surface area contributed by atoms with E-state index in [9.17, 15) is 0 Å². The number of fused-ring (bicyclic) bond motifs is 3. The quantitative estimate of drug-likeness (QED) is 0.552. The molecule has 5 heteroatoms. The van der Waals surface area contributed by atoms with Gasteiger partial charge in [-0.05, 0) is 17.7 Å². The maximum Gasteiger partial charge on any atom is 0.150 e. The molecule has 0 unspecified atom stereocenters. The van der Waals surface area contributed by atoms with Crippen LogP contribution in [0.5, 0.6) is 0 Å². The summed E-state index contributed by atoms with van der Waals surface area (Å²) in [7, 11) is 0. The predicted molar refractivity (Wildman–Crippen MR) is 79.0 cm³/mol. The highest BCUT2D eigenvalue weighted by Crippen LogP contribution is 2.33. The van der Waals surface area contributed by atoms with Gasteiger partial charge in [0.2, 0.25) is 0 Å². The summed E-state index contributed by atoms with van der Waals surface area (Å²) in [5, 5.41) is 0.992. The number of nitrogens with zero attached hydrogens (tertiary/aromatic N) is 3. The van der Waals surface area contributed by atoms with Crippen molar-refractivity contribution in [3.05, 3.63) is 49.1 Å². The van der Waals surface area contributed by atoms with Gasteiger partial charge in [-0.25, -0.2) is 9.97 Å². The molecule has 5 nitrogen and oxygen atoms in total. The van der Waals surface area contributed by atoms with Crippen LogP contribution in [0.15, 0.2) is 49.1 Å². The number of hydrogen-bond acceptors (Lipinski definition) is 4. The zero-order chi connectivity index (χ0) is 13.5. The minimum absolute atomic E-state index is 0.466. The van der Waals surface area contributed by atoms with E-state index in [1.54, 1.807) is 12.5 Å². The van der Waals surface area contributed by atoms with Crippen molar-refractivity contribution in [3.63, 3.8) is 0 Å². The average molecular weight is 261 g/mol. The molecule has 3 N–H and O–H groups in total. The third-order valence-electron chi connectivity index (χ3n) is 3.39. The van der Waals surface area contributed by atoms with Crippen molar-refractivity contribution in [2.45, 2.75) is 0 Å². The van der Waals surface area contributed by atoms with Gasteiger partial charge in [0.25, 0.3) is 0 Å². The molecule has 0 aliphatic rings. The van der Waals surface area contributed by atoms with Gasteiger partial charge >= 0.3 is 0 Å². The molecule has 3 heterocycles. The summed E-state index contributed by atoms with van der Waals surface area (Å²) in [4.78, 5) is 16.1. The van der Waals surface area contributed by atoms with Gasteiger partial charge in [0.15, 0.2) is 0 Å². The Morgan fingerprint density at radius 3 is 2.90 bits per heavy atom. The highest BCUT2D eigenvalue weighted by atomic mass is 14.9. The first-order valence-electron chi connectivity index (χ1n) is 6.26. The van der Waals surface area contributed by atoms with Crippen molar-refractivity contribution >= 4 is 27.8 Å². The van der Waals surface area contributed by atoms with Crippen molar-refractivity contribution in [3.8, 4) is 11.1 Å². The van der Waals surface area contributed by atoms with Gasteiger partial charge < -0.3 is 10.7 Å². The van der Waals surface area contributed by atoms with Crippen molar-refractivity contribution < 1.29 is 0 Å². The molecular weight excluding hydrogens is 250 g/mol. The Hall–Kier alpha value is -2.95. The van der Waals surface area contributed by atoms with E-state index >= 15 is 0 Å². The van der Waals surface area contributed by atoms with E-state index in [0.29, 0.717) is 5.82 Å². The van der Waals surface area contributed by atoms with E-state index < -0.39 is 0 Å². The summed E-state index contributed by atoms with van der Waals surface area (Å²) >= 11 is 0. The molecule has 0 bridgehead atoms. The third-order valence-corrected chi connectivity index (χ3v) is 3.39. The smallest absolute Gasteiger partial charge is 0.150 e. The first-order valence-corrected chi connectivity index (χ1v) is 6.26. The van der Waals surface area contributed by atoms with Crippen LogP contribution in [0.3, 0.4) is 0 Å². The van der Waals surface area contributed by atoms with Gasteiger partial charge in [0, 0.05) is 23.3 Å². The fourth-order valence-electron chi connectivity index (χ4n) is 2.51. The van der Waals surface area contributed by atoms with Gasteiger partial charge in [-0.3, -0.25) is 4.98 Å². The summed E-state index contributed by atoms with van der Waals surface area (Å²) in [6.07, 6.45) is 5.24. The standard InChI is InChI=1S/C15H11N5/c16-15-14-13(18-8-19-14)12-10(4-1-5-11(12)20-15)9-3-2-6-17-7-9/h1-8H,(H2,16,20)(H,18,19). The van der Waals surface area contributed by atoms with Crippen LogP contribution in [-0.2, 0) is 0 Å². The van der Waals surface area contributed by atoms with Crippen molar-refractivity contribution in [1.29, 1.82) is 0 Å². The highest BCUT2D eigenvalue weighted by Gasteiger charge is 2.12. The zero-order valence-corrected chi connectivity index (χ0v) is 10.5. The molecular formula is C15H11N5. The number of aromatic amines is 1. The minimum Gasteiger partial charge on any atom is -0.382 e. The van der Waals surface area contributed by atoms with Crippen LogP contribution >= 0.6 is 0 Å². The normalized spacial score (nSPS) is 11.2. The molecule has 0 aliphatic carbocycles. The molecule has 0 radical (unpaired) electrons. The number of aromatic nitrogens is 4. The summed E-state index contributed by atoms with van der Waals surface area (Å²) in [6.45, 7) is 0. The van der Waals surface area contributed by atoms with Crippen LogP contribution in [-0.4, -0.2) is 19.9 Å². The van der Waals surface area contributed by atoms with E-state index in [1.165, 1.54) is 0 Å². The van der Waals surface area contributed by atoms with E-state index in [0.717, 1.165) is 33.1 Å². The van der Waals surface area contributed by atoms with E-state index in [-0.39, 0.29) is 0 Å². The Labute approximate surface area is 114 Å². The van der Waals surface area contributed by atoms with Gasteiger partial charge in [-0.1, -0.05) is 18.2 Å². The molecule has 0 saturated heterocycles. The number of nitrogen functional groups attached to an aromatic ring is 1. The number of imidazole rings is 1. The lowest BCUT2D eigenvalue weighted by Gasteiger charge is -2.07. The number of anilines is 1. The topological polar surface area (TPSA) is 80.5 Å². The number of nitrogens with one attached hydrogen (secondary N) is 1. The largest absolute Gasteiger partial charge is 0.382 e. The van der Waals surface area contributed by atoms with E-state index in [1.807, 2.05) is 36.5 Å².